The maximum absolute atomic E-state index is 13.0. The molecular weight excluding hydrogens is 344 g/mol. The molecule has 6 heteroatoms. The number of benzene rings is 1. The second-order valence-electron chi connectivity index (χ2n) is 7.73. The molecule has 0 unspecified atom stereocenters. The average molecular weight is 372 g/mol. The van der Waals surface area contributed by atoms with Gasteiger partial charge in [-0.05, 0) is 37.8 Å². The number of piperidine rings is 1. The first-order valence-electron chi connectivity index (χ1n) is 9.81. The number of carbonyl (C=O) groups is 3. The number of amides is 2. The molecule has 146 valence electrons. The summed E-state index contributed by atoms with van der Waals surface area (Å²) < 4.78 is 0. The zero-order valence-electron chi connectivity index (χ0n) is 15.9. The van der Waals surface area contributed by atoms with Gasteiger partial charge in [-0.1, -0.05) is 37.5 Å². The number of rotatable bonds is 4. The maximum Gasteiger partial charge on any atom is 0.329 e. The first-order chi connectivity index (χ1) is 13.0. The molecule has 1 aromatic rings. The lowest BCUT2D eigenvalue weighted by atomic mass is 9.79. The Labute approximate surface area is 160 Å². The standard InChI is InChI=1S/C21H28N2O4/c1-22(21(20(26)27)12-6-3-7-13-21)18(24)17-10-14-23(15-11-17)19(25)16-8-4-2-5-9-16/h2,4-5,8-9,17H,3,6-7,10-15H2,1H3,(H,26,27). The molecule has 1 aliphatic carbocycles. The molecule has 1 saturated heterocycles. The lowest BCUT2D eigenvalue weighted by Crippen LogP contribution is -2.58. The Morgan fingerprint density at radius 2 is 1.63 bits per heavy atom. The first-order valence-corrected chi connectivity index (χ1v) is 9.81. The molecule has 0 radical (unpaired) electrons. The van der Waals surface area contributed by atoms with E-state index < -0.39 is 11.5 Å². The lowest BCUT2D eigenvalue weighted by molar-refractivity contribution is -0.162. The largest absolute Gasteiger partial charge is 0.479 e. The van der Waals surface area contributed by atoms with Gasteiger partial charge in [0.05, 0.1) is 0 Å². The molecule has 0 atom stereocenters. The highest BCUT2D eigenvalue weighted by atomic mass is 16.4. The SMILES string of the molecule is CN(C(=O)C1CCN(C(=O)c2ccccc2)CC1)C1(C(=O)O)CCCCC1. The molecule has 0 spiro atoms. The van der Waals surface area contributed by atoms with Crippen molar-refractivity contribution in [3.63, 3.8) is 0 Å². The smallest absolute Gasteiger partial charge is 0.329 e. The summed E-state index contributed by atoms with van der Waals surface area (Å²) in [6.07, 6.45) is 4.92. The van der Waals surface area contributed by atoms with Crippen molar-refractivity contribution in [3.8, 4) is 0 Å². The van der Waals surface area contributed by atoms with Crippen molar-refractivity contribution >= 4 is 17.8 Å². The monoisotopic (exact) mass is 372 g/mol. The average Bonchev–Trinajstić information content (AvgIpc) is 2.73. The lowest BCUT2D eigenvalue weighted by Gasteiger charge is -2.43. The van der Waals surface area contributed by atoms with Crippen LogP contribution in [0.1, 0.15) is 55.3 Å². The summed E-state index contributed by atoms with van der Waals surface area (Å²) >= 11 is 0. The number of hydrogen-bond acceptors (Lipinski definition) is 3. The highest BCUT2D eigenvalue weighted by Gasteiger charge is 2.47. The second-order valence-corrected chi connectivity index (χ2v) is 7.73. The number of nitrogens with zero attached hydrogens (tertiary/aromatic N) is 2. The molecule has 0 aromatic heterocycles. The Balaban J connectivity index is 1.62. The number of carboxylic acid groups (broad SMARTS) is 1. The Kier molecular flexibility index (Phi) is 5.82. The summed E-state index contributed by atoms with van der Waals surface area (Å²) in [5.74, 6) is -1.21. The highest BCUT2D eigenvalue weighted by molar-refractivity contribution is 5.94. The van der Waals surface area contributed by atoms with Crippen LogP contribution in [0.25, 0.3) is 0 Å². The summed E-state index contributed by atoms with van der Waals surface area (Å²) in [7, 11) is 1.64. The number of aliphatic carboxylic acids is 1. The highest BCUT2D eigenvalue weighted by Crippen LogP contribution is 2.35. The quantitative estimate of drug-likeness (QED) is 0.882. The molecule has 1 heterocycles. The van der Waals surface area contributed by atoms with E-state index in [4.69, 9.17) is 0 Å². The van der Waals surface area contributed by atoms with Gasteiger partial charge >= 0.3 is 5.97 Å². The van der Waals surface area contributed by atoms with Crippen LogP contribution < -0.4 is 0 Å². The summed E-state index contributed by atoms with van der Waals surface area (Å²) in [4.78, 5) is 40.8. The maximum atomic E-state index is 13.0. The van der Waals surface area contributed by atoms with Crippen LogP contribution in [-0.2, 0) is 9.59 Å². The van der Waals surface area contributed by atoms with E-state index in [0.717, 1.165) is 19.3 Å². The number of likely N-dealkylation sites (N-methyl/N-ethyl adjacent to an activating group) is 1. The molecule has 1 N–H and O–H groups in total. The molecule has 2 fully saturated rings. The molecule has 2 amide bonds. The van der Waals surface area contributed by atoms with Crippen LogP contribution in [0.15, 0.2) is 30.3 Å². The third-order valence-electron chi connectivity index (χ3n) is 6.20. The van der Waals surface area contributed by atoms with Crippen LogP contribution in [0, 0.1) is 5.92 Å². The van der Waals surface area contributed by atoms with Crippen molar-refractivity contribution in [2.45, 2.75) is 50.5 Å². The Bertz CT molecular complexity index is 689. The van der Waals surface area contributed by atoms with Gasteiger partial charge < -0.3 is 14.9 Å². The molecule has 27 heavy (non-hydrogen) atoms. The van der Waals surface area contributed by atoms with Crippen molar-refractivity contribution in [2.75, 3.05) is 20.1 Å². The fraction of sp³-hybridized carbons (Fsp3) is 0.571. The molecule has 3 rings (SSSR count). The van der Waals surface area contributed by atoms with Gasteiger partial charge in [0.1, 0.15) is 5.54 Å². The van der Waals surface area contributed by atoms with E-state index in [9.17, 15) is 19.5 Å². The predicted molar refractivity (Wildman–Crippen MR) is 101 cm³/mol. The number of carbonyl (C=O) groups excluding carboxylic acids is 2. The topological polar surface area (TPSA) is 77.9 Å². The van der Waals surface area contributed by atoms with Crippen molar-refractivity contribution < 1.29 is 19.5 Å². The zero-order chi connectivity index (χ0) is 19.4. The normalized spacial score (nSPS) is 20.1. The van der Waals surface area contributed by atoms with E-state index in [1.807, 2.05) is 18.2 Å². The second kappa shape index (κ2) is 8.11. The fourth-order valence-corrected chi connectivity index (χ4v) is 4.41. The van der Waals surface area contributed by atoms with E-state index in [2.05, 4.69) is 0 Å². The van der Waals surface area contributed by atoms with Gasteiger partial charge in [0.25, 0.3) is 5.91 Å². The molecular formula is C21H28N2O4. The number of likely N-dealkylation sites (tertiary alicyclic amines) is 1. The van der Waals surface area contributed by atoms with Crippen LogP contribution in [0.2, 0.25) is 0 Å². The summed E-state index contributed by atoms with van der Waals surface area (Å²) in [6.45, 7) is 1.05. The van der Waals surface area contributed by atoms with E-state index in [0.29, 0.717) is 44.3 Å². The first kappa shape index (κ1) is 19.4. The fourth-order valence-electron chi connectivity index (χ4n) is 4.41. The van der Waals surface area contributed by atoms with Crippen molar-refractivity contribution in [2.24, 2.45) is 5.92 Å². The van der Waals surface area contributed by atoms with Gasteiger partial charge in [-0.3, -0.25) is 9.59 Å². The van der Waals surface area contributed by atoms with Crippen LogP contribution >= 0.6 is 0 Å². The summed E-state index contributed by atoms with van der Waals surface area (Å²) in [5.41, 5.74) is -0.404. The van der Waals surface area contributed by atoms with Crippen LogP contribution in [-0.4, -0.2) is 58.4 Å². The number of hydrogen-bond donors (Lipinski definition) is 1. The van der Waals surface area contributed by atoms with Crippen molar-refractivity contribution in [1.82, 2.24) is 9.80 Å². The Morgan fingerprint density at radius 1 is 1.04 bits per heavy atom. The van der Waals surface area contributed by atoms with Crippen LogP contribution in [0.3, 0.4) is 0 Å². The third kappa shape index (κ3) is 3.84. The Hall–Kier alpha value is -2.37. The summed E-state index contributed by atoms with van der Waals surface area (Å²) in [5, 5.41) is 9.80. The van der Waals surface area contributed by atoms with E-state index >= 15 is 0 Å². The van der Waals surface area contributed by atoms with E-state index in [1.165, 1.54) is 4.90 Å². The van der Waals surface area contributed by atoms with Crippen LogP contribution in [0.5, 0.6) is 0 Å². The third-order valence-corrected chi connectivity index (χ3v) is 6.20. The Morgan fingerprint density at radius 3 is 2.19 bits per heavy atom. The molecule has 6 nitrogen and oxygen atoms in total. The van der Waals surface area contributed by atoms with Gasteiger partial charge in [0.2, 0.25) is 5.91 Å². The van der Waals surface area contributed by atoms with Gasteiger partial charge in [0, 0.05) is 31.6 Å². The van der Waals surface area contributed by atoms with Gasteiger partial charge in [-0.25, -0.2) is 4.79 Å². The molecule has 1 aromatic carbocycles. The minimum Gasteiger partial charge on any atom is -0.479 e. The molecule has 0 bridgehead atoms. The van der Waals surface area contributed by atoms with Crippen molar-refractivity contribution in [1.29, 1.82) is 0 Å². The van der Waals surface area contributed by atoms with Gasteiger partial charge in [-0.15, -0.1) is 0 Å². The molecule has 1 saturated carbocycles. The van der Waals surface area contributed by atoms with E-state index in [-0.39, 0.29) is 17.7 Å². The predicted octanol–water partition coefficient (Wildman–Crippen LogP) is 2.78. The van der Waals surface area contributed by atoms with E-state index in [1.54, 1.807) is 24.1 Å². The molecule has 2 aliphatic rings. The van der Waals surface area contributed by atoms with Gasteiger partial charge in [-0.2, -0.15) is 0 Å². The zero-order valence-corrected chi connectivity index (χ0v) is 15.9. The summed E-state index contributed by atoms with van der Waals surface area (Å²) in [6, 6.07) is 9.16. The molecule has 1 aliphatic heterocycles. The van der Waals surface area contributed by atoms with Gasteiger partial charge in [0.15, 0.2) is 0 Å². The minimum absolute atomic E-state index is 0.0101. The van der Waals surface area contributed by atoms with Crippen molar-refractivity contribution in [3.05, 3.63) is 35.9 Å². The number of carboxylic acids is 1. The minimum atomic E-state index is -1.06. The van der Waals surface area contributed by atoms with Crippen LogP contribution in [0.4, 0.5) is 0 Å².